The fourth-order valence-corrected chi connectivity index (χ4v) is 2.84. The van der Waals surface area contributed by atoms with E-state index in [1.807, 2.05) is 18.8 Å². The van der Waals surface area contributed by atoms with Gasteiger partial charge < -0.3 is 15.5 Å². The molecule has 0 spiro atoms. The van der Waals surface area contributed by atoms with Gasteiger partial charge in [-0.1, -0.05) is 17.7 Å². The molecular formula is C18H30N4S. The Morgan fingerprint density at radius 1 is 1.35 bits per heavy atom. The minimum absolute atomic E-state index is 0.210. The van der Waals surface area contributed by atoms with Crippen molar-refractivity contribution in [3.63, 3.8) is 0 Å². The van der Waals surface area contributed by atoms with E-state index in [9.17, 15) is 0 Å². The first kappa shape index (κ1) is 18.0. The van der Waals surface area contributed by atoms with Gasteiger partial charge in [0.2, 0.25) is 0 Å². The van der Waals surface area contributed by atoms with Crippen LogP contribution in [0.2, 0.25) is 0 Å². The van der Waals surface area contributed by atoms with E-state index in [2.05, 4.69) is 71.8 Å². The lowest BCUT2D eigenvalue weighted by Gasteiger charge is -2.25. The maximum Gasteiger partial charge on any atom is 0.191 e. The molecule has 2 rings (SSSR count). The van der Waals surface area contributed by atoms with Gasteiger partial charge in [0.15, 0.2) is 5.96 Å². The van der Waals surface area contributed by atoms with Crippen molar-refractivity contribution in [1.82, 2.24) is 10.6 Å². The summed E-state index contributed by atoms with van der Waals surface area (Å²) in [5.74, 6) is 0.905. The topological polar surface area (TPSA) is 39.7 Å². The zero-order valence-corrected chi connectivity index (χ0v) is 15.8. The number of aryl methyl sites for hydroxylation is 1. The highest BCUT2D eigenvalue weighted by atomic mass is 32.2. The van der Waals surface area contributed by atoms with Crippen LogP contribution >= 0.6 is 11.8 Å². The number of aliphatic imine (C=N–C) groups is 1. The summed E-state index contributed by atoms with van der Waals surface area (Å²) in [5.41, 5.74) is 2.62. The Morgan fingerprint density at radius 3 is 2.65 bits per heavy atom. The molecule has 1 saturated heterocycles. The zero-order chi connectivity index (χ0) is 16.9. The van der Waals surface area contributed by atoms with E-state index >= 15 is 0 Å². The number of hydrogen-bond donors (Lipinski definition) is 2. The highest BCUT2D eigenvalue weighted by molar-refractivity contribution is 7.99. The van der Waals surface area contributed by atoms with Gasteiger partial charge in [0, 0.05) is 43.2 Å². The molecule has 1 atom stereocenters. The molecule has 0 saturated carbocycles. The van der Waals surface area contributed by atoms with E-state index in [1.165, 1.54) is 11.3 Å². The first-order chi connectivity index (χ1) is 10.9. The van der Waals surface area contributed by atoms with Crippen molar-refractivity contribution in [3.8, 4) is 0 Å². The van der Waals surface area contributed by atoms with Crippen LogP contribution in [0.4, 0.5) is 5.69 Å². The van der Waals surface area contributed by atoms with Crippen molar-refractivity contribution in [2.75, 3.05) is 37.8 Å². The van der Waals surface area contributed by atoms with Crippen molar-refractivity contribution in [2.24, 2.45) is 4.99 Å². The molecule has 1 aromatic carbocycles. The molecule has 0 radical (unpaired) electrons. The summed E-state index contributed by atoms with van der Waals surface area (Å²) in [4.78, 5) is 6.81. The number of hydrogen-bond acceptors (Lipinski definition) is 3. The Hall–Kier alpha value is -1.36. The van der Waals surface area contributed by atoms with E-state index in [0.29, 0.717) is 6.04 Å². The van der Waals surface area contributed by atoms with E-state index in [4.69, 9.17) is 0 Å². The van der Waals surface area contributed by atoms with E-state index < -0.39 is 0 Å². The molecular weight excluding hydrogens is 304 g/mol. The van der Waals surface area contributed by atoms with Crippen LogP contribution in [0, 0.1) is 6.92 Å². The molecule has 1 aromatic rings. The van der Waals surface area contributed by atoms with Crippen LogP contribution in [0.25, 0.3) is 0 Å². The Bertz CT molecular complexity index is 524. The minimum atomic E-state index is 0.210. The van der Waals surface area contributed by atoms with Crippen LogP contribution in [0.5, 0.6) is 0 Å². The fraction of sp³-hybridized carbons (Fsp3) is 0.611. The first-order valence-corrected chi connectivity index (χ1v) is 9.50. The van der Waals surface area contributed by atoms with Gasteiger partial charge in [-0.25, -0.2) is 0 Å². The molecule has 5 heteroatoms. The molecule has 23 heavy (non-hydrogen) atoms. The number of guanidine groups is 1. The maximum atomic E-state index is 4.36. The van der Waals surface area contributed by atoms with Gasteiger partial charge in [0.05, 0.1) is 0 Å². The Kier molecular flexibility index (Phi) is 6.22. The van der Waals surface area contributed by atoms with E-state index in [-0.39, 0.29) is 4.75 Å². The summed E-state index contributed by atoms with van der Waals surface area (Å²) >= 11 is 1.87. The van der Waals surface area contributed by atoms with Crippen molar-refractivity contribution >= 4 is 23.4 Å². The lowest BCUT2D eigenvalue weighted by atomic mass is 10.2. The summed E-state index contributed by atoms with van der Waals surface area (Å²) in [6, 6.07) is 9.24. The number of rotatable bonds is 5. The third-order valence-corrected chi connectivity index (χ3v) is 5.64. The van der Waals surface area contributed by atoms with Gasteiger partial charge in [-0.15, -0.1) is 0 Å². The second-order valence-electron chi connectivity index (χ2n) is 6.80. The lowest BCUT2D eigenvalue weighted by Crippen LogP contribution is -2.47. The third kappa shape index (κ3) is 5.34. The van der Waals surface area contributed by atoms with Crippen molar-refractivity contribution in [2.45, 2.75) is 38.0 Å². The van der Waals surface area contributed by atoms with Crippen LogP contribution in [0.1, 0.15) is 25.8 Å². The molecule has 2 N–H and O–H groups in total. The predicted octanol–water partition coefficient (Wildman–Crippen LogP) is 2.88. The highest BCUT2D eigenvalue weighted by Crippen LogP contribution is 2.21. The molecule has 128 valence electrons. The van der Waals surface area contributed by atoms with Gasteiger partial charge >= 0.3 is 0 Å². The lowest BCUT2D eigenvalue weighted by molar-refractivity contribution is 0.623. The Labute approximate surface area is 145 Å². The van der Waals surface area contributed by atoms with Gasteiger partial charge in [-0.2, -0.15) is 11.8 Å². The number of thioether (sulfide) groups is 1. The summed E-state index contributed by atoms with van der Waals surface area (Å²) in [7, 11) is 1.84. The van der Waals surface area contributed by atoms with Crippen LogP contribution in [0.15, 0.2) is 29.3 Å². The number of nitrogens with zero attached hydrogens (tertiary/aromatic N) is 2. The average Bonchev–Trinajstić information content (AvgIpc) is 3.00. The predicted molar refractivity (Wildman–Crippen MR) is 104 cm³/mol. The van der Waals surface area contributed by atoms with Crippen LogP contribution in [-0.2, 0) is 0 Å². The Morgan fingerprint density at radius 2 is 2.04 bits per heavy atom. The molecule has 1 heterocycles. The Balaban J connectivity index is 1.85. The van der Waals surface area contributed by atoms with Crippen LogP contribution in [0.3, 0.4) is 0 Å². The standard InChI is InChI=1S/C18H30N4S/c1-14-6-8-16(9-7-14)22-11-10-15(12-22)21-17(19-4)20-13-18(2,3)23-5/h6-9,15H,10-13H2,1-5H3,(H2,19,20,21). The number of anilines is 1. The van der Waals surface area contributed by atoms with Crippen molar-refractivity contribution in [1.29, 1.82) is 0 Å². The van der Waals surface area contributed by atoms with E-state index in [1.54, 1.807) is 0 Å². The van der Waals surface area contributed by atoms with E-state index in [0.717, 1.165) is 32.0 Å². The molecule has 0 aliphatic carbocycles. The molecule has 1 aliphatic rings. The minimum Gasteiger partial charge on any atom is -0.369 e. The molecule has 0 bridgehead atoms. The second kappa shape index (κ2) is 7.95. The van der Waals surface area contributed by atoms with Crippen molar-refractivity contribution < 1.29 is 0 Å². The molecule has 0 aromatic heterocycles. The molecule has 4 nitrogen and oxygen atoms in total. The first-order valence-electron chi connectivity index (χ1n) is 8.27. The second-order valence-corrected chi connectivity index (χ2v) is 8.31. The summed E-state index contributed by atoms with van der Waals surface area (Å²) in [5, 5.41) is 7.01. The van der Waals surface area contributed by atoms with Gasteiger partial charge in [-0.05, 0) is 45.6 Å². The summed E-state index contributed by atoms with van der Waals surface area (Å²) in [6.07, 6.45) is 3.29. The van der Waals surface area contributed by atoms with Gasteiger partial charge in [0.25, 0.3) is 0 Å². The van der Waals surface area contributed by atoms with Crippen LogP contribution < -0.4 is 15.5 Å². The molecule has 1 fully saturated rings. The SMILES string of the molecule is CN=C(NCC(C)(C)SC)NC1CCN(c2ccc(C)cc2)C1. The maximum absolute atomic E-state index is 4.36. The largest absolute Gasteiger partial charge is 0.369 e. The van der Waals surface area contributed by atoms with Gasteiger partial charge in [0.1, 0.15) is 0 Å². The average molecular weight is 335 g/mol. The van der Waals surface area contributed by atoms with Crippen molar-refractivity contribution in [3.05, 3.63) is 29.8 Å². The fourth-order valence-electron chi connectivity index (χ4n) is 2.62. The zero-order valence-electron chi connectivity index (χ0n) is 15.0. The number of nitrogens with one attached hydrogen (secondary N) is 2. The monoisotopic (exact) mass is 334 g/mol. The highest BCUT2D eigenvalue weighted by Gasteiger charge is 2.24. The van der Waals surface area contributed by atoms with Gasteiger partial charge in [-0.3, -0.25) is 4.99 Å². The van der Waals surface area contributed by atoms with Crippen LogP contribution in [-0.4, -0.2) is 49.7 Å². The third-order valence-electron chi connectivity index (χ3n) is 4.39. The summed E-state index contributed by atoms with van der Waals surface area (Å²) < 4.78 is 0.210. The normalized spacial score (nSPS) is 19.1. The quantitative estimate of drug-likeness (QED) is 0.642. The molecule has 0 amide bonds. The number of benzene rings is 1. The summed E-state index contributed by atoms with van der Waals surface area (Å²) in [6.45, 7) is 9.63. The molecule has 1 aliphatic heterocycles. The molecule has 1 unspecified atom stereocenters. The smallest absolute Gasteiger partial charge is 0.191 e.